The number of halogens is 1. The second-order valence-electron chi connectivity index (χ2n) is 7.02. The lowest BCUT2D eigenvalue weighted by Crippen LogP contribution is -2.44. The number of pyridine rings is 1. The second kappa shape index (κ2) is 7.87. The molecule has 1 fully saturated rings. The second-order valence-corrected chi connectivity index (χ2v) is 7.02. The van der Waals surface area contributed by atoms with E-state index in [-0.39, 0.29) is 5.82 Å². The van der Waals surface area contributed by atoms with Crippen molar-refractivity contribution in [2.75, 3.05) is 39.8 Å². The average Bonchev–Trinajstić information content (AvgIpc) is 2.69. The number of aromatic nitrogens is 1. The molecule has 0 spiro atoms. The summed E-state index contributed by atoms with van der Waals surface area (Å²) in [6.45, 7) is 5.15. The Kier molecular flexibility index (Phi) is 5.15. The van der Waals surface area contributed by atoms with Crippen LogP contribution < -0.4 is 0 Å². The summed E-state index contributed by atoms with van der Waals surface area (Å²) in [7, 11) is 2.16. The van der Waals surface area contributed by atoms with Gasteiger partial charge in [-0.3, -0.25) is 9.88 Å². The zero-order valence-corrected chi connectivity index (χ0v) is 15.5. The van der Waals surface area contributed by atoms with Crippen LogP contribution in [0.5, 0.6) is 0 Å². The van der Waals surface area contributed by atoms with Gasteiger partial charge in [0.15, 0.2) is 0 Å². The molecule has 27 heavy (non-hydrogen) atoms. The van der Waals surface area contributed by atoms with Crippen LogP contribution in [0.4, 0.5) is 4.39 Å². The number of hydrogen-bond acceptors (Lipinski definition) is 3. The standard InChI is InChI=1S/C23H22FN3/c1-26-10-12-27(13-11-26)9-3-4-18-7-8-23-20(14-18)15-21(17-25-23)19-5-2-6-22(24)16-19/h2,5-8,14-17H,9-13H2,1H3. The molecule has 2 heterocycles. The van der Waals surface area contributed by atoms with Crippen molar-refractivity contribution in [3.8, 4) is 23.0 Å². The average molecular weight is 359 g/mol. The summed E-state index contributed by atoms with van der Waals surface area (Å²) < 4.78 is 13.5. The van der Waals surface area contributed by atoms with E-state index in [2.05, 4.69) is 39.7 Å². The maximum absolute atomic E-state index is 13.5. The first kappa shape index (κ1) is 17.7. The summed E-state index contributed by atoms with van der Waals surface area (Å²) in [5.41, 5.74) is 3.63. The van der Waals surface area contributed by atoms with Gasteiger partial charge in [-0.15, -0.1) is 0 Å². The number of likely N-dealkylation sites (N-methyl/N-ethyl adjacent to an activating group) is 1. The van der Waals surface area contributed by atoms with E-state index in [1.165, 1.54) is 12.1 Å². The van der Waals surface area contributed by atoms with Crippen molar-refractivity contribution in [1.29, 1.82) is 0 Å². The maximum Gasteiger partial charge on any atom is 0.123 e. The van der Waals surface area contributed by atoms with E-state index >= 15 is 0 Å². The summed E-state index contributed by atoms with van der Waals surface area (Å²) in [6, 6.07) is 14.7. The van der Waals surface area contributed by atoms with E-state index in [9.17, 15) is 4.39 Å². The Hall–Kier alpha value is -2.74. The molecule has 1 aliphatic rings. The number of benzene rings is 2. The molecule has 0 radical (unpaired) electrons. The van der Waals surface area contributed by atoms with Crippen LogP contribution in [0.1, 0.15) is 5.56 Å². The van der Waals surface area contributed by atoms with Crippen LogP contribution in [0.25, 0.3) is 22.0 Å². The third-order valence-electron chi connectivity index (χ3n) is 4.97. The third-order valence-corrected chi connectivity index (χ3v) is 4.97. The lowest BCUT2D eigenvalue weighted by Gasteiger charge is -2.30. The molecule has 136 valence electrons. The van der Waals surface area contributed by atoms with E-state index in [0.717, 1.165) is 60.3 Å². The van der Waals surface area contributed by atoms with Crippen LogP contribution in [0.3, 0.4) is 0 Å². The SMILES string of the molecule is CN1CCN(CC#Cc2ccc3ncc(-c4cccc(F)c4)cc3c2)CC1. The van der Waals surface area contributed by atoms with E-state index in [0.29, 0.717) is 0 Å². The first-order chi connectivity index (χ1) is 13.2. The van der Waals surface area contributed by atoms with Crippen LogP contribution >= 0.6 is 0 Å². The number of rotatable bonds is 2. The van der Waals surface area contributed by atoms with Gasteiger partial charge in [0.1, 0.15) is 5.82 Å². The molecule has 0 amide bonds. The first-order valence-electron chi connectivity index (χ1n) is 9.23. The largest absolute Gasteiger partial charge is 0.304 e. The maximum atomic E-state index is 13.5. The van der Waals surface area contributed by atoms with Gasteiger partial charge in [-0.25, -0.2) is 4.39 Å². The quantitative estimate of drug-likeness (QED) is 0.651. The van der Waals surface area contributed by atoms with Crippen molar-refractivity contribution >= 4 is 10.9 Å². The first-order valence-corrected chi connectivity index (χ1v) is 9.23. The molecule has 0 N–H and O–H groups in total. The minimum absolute atomic E-state index is 0.240. The van der Waals surface area contributed by atoms with Crippen molar-refractivity contribution in [2.45, 2.75) is 0 Å². The highest BCUT2D eigenvalue weighted by Gasteiger charge is 2.11. The monoisotopic (exact) mass is 359 g/mol. The Morgan fingerprint density at radius 1 is 1.00 bits per heavy atom. The van der Waals surface area contributed by atoms with Gasteiger partial charge in [0, 0.05) is 48.9 Å². The molecule has 4 rings (SSSR count). The minimum atomic E-state index is -0.240. The third kappa shape index (κ3) is 4.33. The Morgan fingerprint density at radius 3 is 2.67 bits per heavy atom. The fraction of sp³-hybridized carbons (Fsp3) is 0.261. The lowest BCUT2D eigenvalue weighted by molar-refractivity contribution is 0.168. The van der Waals surface area contributed by atoms with Crippen molar-refractivity contribution in [2.24, 2.45) is 0 Å². The molecule has 1 aromatic heterocycles. The van der Waals surface area contributed by atoms with Crippen LogP contribution in [0, 0.1) is 17.7 Å². The predicted octanol–water partition coefficient (Wildman–Crippen LogP) is 3.64. The number of fused-ring (bicyclic) bond motifs is 1. The zero-order chi connectivity index (χ0) is 18.6. The Balaban J connectivity index is 1.54. The molecule has 0 atom stereocenters. The molecule has 0 aliphatic carbocycles. The number of hydrogen-bond donors (Lipinski definition) is 0. The van der Waals surface area contributed by atoms with E-state index in [1.54, 1.807) is 12.3 Å². The van der Waals surface area contributed by atoms with Crippen molar-refractivity contribution in [3.63, 3.8) is 0 Å². The van der Waals surface area contributed by atoms with Gasteiger partial charge < -0.3 is 4.90 Å². The highest BCUT2D eigenvalue weighted by Crippen LogP contribution is 2.24. The van der Waals surface area contributed by atoms with E-state index in [4.69, 9.17) is 0 Å². The minimum Gasteiger partial charge on any atom is -0.304 e. The van der Waals surface area contributed by atoms with Crippen LogP contribution in [0.15, 0.2) is 54.7 Å². The highest BCUT2D eigenvalue weighted by atomic mass is 19.1. The fourth-order valence-electron chi connectivity index (χ4n) is 3.29. The topological polar surface area (TPSA) is 19.4 Å². The number of piperazine rings is 1. The molecular weight excluding hydrogens is 337 g/mol. The van der Waals surface area contributed by atoms with Crippen LogP contribution in [-0.4, -0.2) is 54.6 Å². The predicted molar refractivity (Wildman–Crippen MR) is 108 cm³/mol. The smallest absolute Gasteiger partial charge is 0.123 e. The van der Waals surface area contributed by atoms with Gasteiger partial charge >= 0.3 is 0 Å². The zero-order valence-electron chi connectivity index (χ0n) is 15.5. The molecular formula is C23H22FN3. The summed E-state index contributed by atoms with van der Waals surface area (Å²) >= 11 is 0. The highest BCUT2D eigenvalue weighted by molar-refractivity contribution is 5.84. The summed E-state index contributed by atoms with van der Waals surface area (Å²) in [5.74, 6) is 6.32. The van der Waals surface area contributed by atoms with Gasteiger partial charge in [-0.1, -0.05) is 24.0 Å². The molecule has 3 aromatic rings. The Bertz CT molecular complexity index is 1010. The molecule has 0 saturated carbocycles. The lowest BCUT2D eigenvalue weighted by atomic mass is 10.0. The molecule has 4 heteroatoms. The molecule has 1 saturated heterocycles. The summed E-state index contributed by atoms with van der Waals surface area (Å²) in [5, 5.41) is 1.02. The van der Waals surface area contributed by atoms with Crippen LogP contribution in [-0.2, 0) is 0 Å². The van der Waals surface area contributed by atoms with Crippen molar-refractivity contribution in [1.82, 2.24) is 14.8 Å². The van der Waals surface area contributed by atoms with Gasteiger partial charge in [0.05, 0.1) is 12.1 Å². The Labute approximate surface area is 159 Å². The summed E-state index contributed by atoms with van der Waals surface area (Å²) in [4.78, 5) is 9.24. The van der Waals surface area contributed by atoms with Crippen molar-refractivity contribution in [3.05, 3.63) is 66.1 Å². The molecule has 3 nitrogen and oxygen atoms in total. The van der Waals surface area contributed by atoms with E-state index < -0.39 is 0 Å². The molecule has 2 aromatic carbocycles. The fourth-order valence-corrected chi connectivity index (χ4v) is 3.29. The molecule has 0 unspecified atom stereocenters. The van der Waals surface area contributed by atoms with E-state index in [1.807, 2.05) is 24.3 Å². The molecule has 0 bridgehead atoms. The number of nitrogens with zero attached hydrogens (tertiary/aromatic N) is 3. The normalized spacial score (nSPS) is 15.5. The Morgan fingerprint density at radius 2 is 1.85 bits per heavy atom. The summed E-state index contributed by atoms with van der Waals surface area (Å²) in [6.07, 6.45) is 1.79. The van der Waals surface area contributed by atoms with Gasteiger partial charge in [0.2, 0.25) is 0 Å². The van der Waals surface area contributed by atoms with Crippen molar-refractivity contribution < 1.29 is 4.39 Å². The van der Waals surface area contributed by atoms with Crippen LogP contribution in [0.2, 0.25) is 0 Å². The van der Waals surface area contributed by atoms with Gasteiger partial charge in [-0.05, 0) is 49.0 Å². The van der Waals surface area contributed by atoms with Gasteiger partial charge in [-0.2, -0.15) is 0 Å². The van der Waals surface area contributed by atoms with Gasteiger partial charge in [0.25, 0.3) is 0 Å². The molecule has 1 aliphatic heterocycles.